The summed E-state index contributed by atoms with van der Waals surface area (Å²) in [6.45, 7) is 5.15. The first-order valence-corrected chi connectivity index (χ1v) is 12.0. The second kappa shape index (κ2) is 10.5. The third-order valence-corrected chi connectivity index (χ3v) is 6.35. The zero-order valence-corrected chi connectivity index (χ0v) is 19.8. The molecule has 0 aromatic heterocycles. The second-order valence-corrected chi connectivity index (χ2v) is 8.57. The van der Waals surface area contributed by atoms with E-state index < -0.39 is 6.04 Å². The van der Waals surface area contributed by atoms with Crippen molar-refractivity contribution in [2.24, 2.45) is 0 Å². The van der Waals surface area contributed by atoms with E-state index in [-0.39, 0.29) is 24.1 Å². The maximum Gasteiger partial charge on any atom is 0.258 e. The van der Waals surface area contributed by atoms with Crippen molar-refractivity contribution in [1.29, 1.82) is 0 Å². The molecule has 6 heteroatoms. The Bertz CT molecular complexity index is 1190. The molecule has 0 saturated heterocycles. The highest BCUT2D eigenvalue weighted by atomic mass is 16.2. The molecular formula is C28H31N3O3. The first-order valence-electron chi connectivity index (χ1n) is 12.0. The fraction of sp³-hybridized carbons (Fsp3) is 0.321. The van der Waals surface area contributed by atoms with E-state index >= 15 is 0 Å². The van der Waals surface area contributed by atoms with Crippen molar-refractivity contribution in [2.75, 3.05) is 18.0 Å². The molecule has 1 aliphatic heterocycles. The minimum absolute atomic E-state index is 0.0193. The van der Waals surface area contributed by atoms with Gasteiger partial charge in [-0.05, 0) is 42.8 Å². The number of benzene rings is 3. The highest BCUT2D eigenvalue weighted by Gasteiger charge is 2.31. The molecule has 6 nitrogen and oxygen atoms in total. The standard InChI is InChI=1S/C28H31N3O3/c1-3-23(27(33)29-4-2)31(19-20-11-6-5-7-12-20)25(32)17-10-18-30-24-16-9-14-21-13-8-15-22(26(21)24)28(30)34/h5-9,11-16,23H,3-4,10,17-19H2,1-2H3,(H,29,33)/t23-/m1/s1. The van der Waals surface area contributed by atoms with Crippen LogP contribution in [0, 0.1) is 0 Å². The lowest BCUT2D eigenvalue weighted by atomic mass is 10.1. The van der Waals surface area contributed by atoms with Gasteiger partial charge in [0.25, 0.3) is 5.91 Å². The van der Waals surface area contributed by atoms with Gasteiger partial charge in [0.2, 0.25) is 11.8 Å². The molecule has 0 saturated carbocycles. The Kier molecular flexibility index (Phi) is 7.26. The van der Waals surface area contributed by atoms with Gasteiger partial charge < -0.3 is 15.1 Å². The van der Waals surface area contributed by atoms with Crippen LogP contribution in [0.15, 0.2) is 66.7 Å². The van der Waals surface area contributed by atoms with Crippen molar-refractivity contribution in [3.8, 4) is 0 Å². The van der Waals surface area contributed by atoms with Crippen molar-refractivity contribution >= 4 is 34.2 Å². The van der Waals surface area contributed by atoms with Crippen molar-refractivity contribution in [3.05, 3.63) is 77.9 Å². The second-order valence-electron chi connectivity index (χ2n) is 8.57. The predicted octanol–water partition coefficient (Wildman–Crippen LogP) is 4.52. The summed E-state index contributed by atoms with van der Waals surface area (Å²) in [6.07, 6.45) is 1.32. The van der Waals surface area contributed by atoms with Gasteiger partial charge in [0, 0.05) is 37.0 Å². The summed E-state index contributed by atoms with van der Waals surface area (Å²) in [5.41, 5.74) is 2.60. The molecule has 0 aliphatic carbocycles. The number of hydrogen-bond acceptors (Lipinski definition) is 3. The Hall–Kier alpha value is -3.67. The molecule has 0 bridgehead atoms. The number of amides is 3. The van der Waals surface area contributed by atoms with E-state index in [1.165, 1.54) is 0 Å². The van der Waals surface area contributed by atoms with Gasteiger partial charge in [-0.3, -0.25) is 14.4 Å². The summed E-state index contributed by atoms with van der Waals surface area (Å²) in [6, 6.07) is 20.9. The van der Waals surface area contributed by atoms with Crippen LogP contribution < -0.4 is 10.2 Å². The summed E-state index contributed by atoms with van der Waals surface area (Å²) in [7, 11) is 0. The van der Waals surface area contributed by atoms with Crippen LogP contribution in [-0.2, 0) is 16.1 Å². The average molecular weight is 458 g/mol. The monoisotopic (exact) mass is 457 g/mol. The van der Waals surface area contributed by atoms with Gasteiger partial charge in [0.1, 0.15) is 6.04 Å². The molecule has 1 atom stereocenters. The third-order valence-electron chi connectivity index (χ3n) is 6.35. The Morgan fingerprint density at radius 3 is 2.41 bits per heavy atom. The highest BCUT2D eigenvalue weighted by molar-refractivity contribution is 6.25. The molecule has 34 heavy (non-hydrogen) atoms. The minimum Gasteiger partial charge on any atom is -0.355 e. The maximum absolute atomic E-state index is 13.4. The van der Waals surface area contributed by atoms with E-state index in [4.69, 9.17) is 0 Å². The van der Waals surface area contributed by atoms with Crippen LogP contribution >= 0.6 is 0 Å². The van der Waals surface area contributed by atoms with Gasteiger partial charge in [-0.2, -0.15) is 0 Å². The van der Waals surface area contributed by atoms with E-state index in [1.54, 1.807) is 9.80 Å². The number of carbonyl (C=O) groups excluding carboxylic acids is 3. The van der Waals surface area contributed by atoms with E-state index in [1.807, 2.05) is 80.6 Å². The normalized spacial score (nSPS) is 13.2. The first-order chi connectivity index (χ1) is 16.5. The smallest absolute Gasteiger partial charge is 0.258 e. The number of likely N-dealkylation sites (N-methyl/N-ethyl adjacent to an activating group) is 1. The van der Waals surface area contributed by atoms with E-state index in [0.717, 1.165) is 22.0 Å². The SMILES string of the molecule is CCNC(=O)[C@@H](CC)N(Cc1ccccc1)C(=O)CCCN1C(=O)c2cccc3cccc1c23. The van der Waals surface area contributed by atoms with Crippen LogP contribution in [0.4, 0.5) is 5.69 Å². The lowest BCUT2D eigenvalue weighted by Gasteiger charge is -2.31. The maximum atomic E-state index is 13.4. The summed E-state index contributed by atoms with van der Waals surface area (Å²) in [4.78, 5) is 42.5. The summed E-state index contributed by atoms with van der Waals surface area (Å²) in [5.74, 6) is -0.232. The molecule has 3 aromatic rings. The lowest BCUT2D eigenvalue weighted by Crippen LogP contribution is -2.49. The zero-order chi connectivity index (χ0) is 24.1. The summed E-state index contributed by atoms with van der Waals surface area (Å²) in [5, 5.41) is 4.89. The fourth-order valence-electron chi connectivity index (χ4n) is 4.72. The van der Waals surface area contributed by atoms with Crippen molar-refractivity contribution in [2.45, 2.75) is 45.7 Å². The predicted molar refractivity (Wildman–Crippen MR) is 135 cm³/mol. The number of nitrogens with one attached hydrogen (secondary N) is 1. The van der Waals surface area contributed by atoms with Crippen molar-refractivity contribution in [3.63, 3.8) is 0 Å². The molecule has 0 spiro atoms. The summed E-state index contributed by atoms with van der Waals surface area (Å²) >= 11 is 0. The number of anilines is 1. The number of hydrogen-bond donors (Lipinski definition) is 1. The van der Waals surface area contributed by atoms with Crippen LogP contribution in [0.2, 0.25) is 0 Å². The molecule has 0 unspecified atom stereocenters. The molecule has 3 amide bonds. The molecule has 1 N–H and O–H groups in total. The molecule has 1 heterocycles. The number of carbonyl (C=O) groups is 3. The molecule has 0 radical (unpaired) electrons. The molecule has 4 rings (SSSR count). The number of rotatable bonds is 10. The van der Waals surface area contributed by atoms with Crippen LogP contribution in [0.1, 0.15) is 49.0 Å². The Labute approximate surface area is 200 Å². The third kappa shape index (κ3) is 4.67. The molecular weight excluding hydrogens is 426 g/mol. The van der Waals surface area contributed by atoms with Gasteiger partial charge in [-0.25, -0.2) is 0 Å². The van der Waals surface area contributed by atoms with Gasteiger partial charge >= 0.3 is 0 Å². The zero-order valence-electron chi connectivity index (χ0n) is 19.8. The molecule has 176 valence electrons. The van der Waals surface area contributed by atoms with Gasteiger partial charge in [0.05, 0.1) is 5.69 Å². The van der Waals surface area contributed by atoms with E-state index in [9.17, 15) is 14.4 Å². The Morgan fingerprint density at radius 2 is 1.71 bits per heavy atom. The van der Waals surface area contributed by atoms with Gasteiger partial charge in [-0.1, -0.05) is 61.5 Å². The lowest BCUT2D eigenvalue weighted by molar-refractivity contribution is -0.141. The summed E-state index contributed by atoms with van der Waals surface area (Å²) < 4.78 is 0. The highest BCUT2D eigenvalue weighted by Crippen LogP contribution is 2.37. The van der Waals surface area contributed by atoms with Crippen LogP contribution in [0.3, 0.4) is 0 Å². The largest absolute Gasteiger partial charge is 0.355 e. The Balaban J connectivity index is 1.47. The molecule has 1 aliphatic rings. The van der Waals surface area contributed by atoms with Crippen molar-refractivity contribution in [1.82, 2.24) is 10.2 Å². The van der Waals surface area contributed by atoms with Gasteiger partial charge in [0.15, 0.2) is 0 Å². The Morgan fingerprint density at radius 1 is 0.971 bits per heavy atom. The van der Waals surface area contributed by atoms with Crippen LogP contribution in [0.5, 0.6) is 0 Å². The van der Waals surface area contributed by atoms with E-state index in [2.05, 4.69) is 5.32 Å². The minimum atomic E-state index is -0.529. The first kappa shape index (κ1) is 23.5. The van der Waals surface area contributed by atoms with Crippen molar-refractivity contribution < 1.29 is 14.4 Å². The molecule has 3 aromatic carbocycles. The van der Waals surface area contributed by atoms with E-state index in [0.29, 0.717) is 38.0 Å². The average Bonchev–Trinajstić information content (AvgIpc) is 3.13. The fourth-order valence-corrected chi connectivity index (χ4v) is 4.72. The molecule has 0 fully saturated rings. The topological polar surface area (TPSA) is 69.7 Å². The van der Waals surface area contributed by atoms with Crippen LogP contribution in [-0.4, -0.2) is 41.8 Å². The quantitative estimate of drug-likeness (QED) is 0.487. The van der Waals surface area contributed by atoms with Crippen LogP contribution in [0.25, 0.3) is 10.8 Å². The van der Waals surface area contributed by atoms with Gasteiger partial charge in [-0.15, -0.1) is 0 Å². The number of nitrogens with zero attached hydrogens (tertiary/aromatic N) is 2.